The fourth-order valence-electron chi connectivity index (χ4n) is 2.19. The molecule has 0 spiro atoms. The number of benzene rings is 2. The van der Waals surface area contributed by atoms with Crippen LogP contribution in [0.4, 0.5) is 0 Å². The highest BCUT2D eigenvalue weighted by Crippen LogP contribution is 2.20. The summed E-state index contributed by atoms with van der Waals surface area (Å²) in [5.41, 5.74) is 9.88. The average molecular weight is 312 g/mol. The Morgan fingerprint density at radius 2 is 1.59 bits per heavy atom. The maximum absolute atomic E-state index is 6.05. The third-order valence-electron chi connectivity index (χ3n) is 3.64. The Kier molecular flexibility index (Phi) is 6.08. The molecule has 0 amide bonds. The molecule has 3 heteroatoms. The molecule has 0 unspecified atom stereocenters. The van der Waals surface area contributed by atoms with Crippen LogP contribution < -0.4 is 5.73 Å². The highest BCUT2D eigenvalue weighted by atomic mass is 32.2. The van der Waals surface area contributed by atoms with E-state index >= 15 is 0 Å². The molecule has 2 aromatic carbocycles. The van der Waals surface area contributed by atoms with Crippen molar-refractivity contribution in [3.05, 3.63) is 71.3 Å². The van der Waals surface area contributed by atoms with E-state index in [2.05, 4.69) is 62.2 Å². The van der Waals surface area contributed by atoms with Crippen molar-refractivity contribution in [1.82, 2.24) is 0 Å². The fraction of sp³-hybridized carbons (Fsp3) is 0.316. The van der Waals surface area contributed by atoms with E-state index in [1.54, 1.807) is 11.8 Å². The minimum atomic E-state index is 0.0945. The maximum Gasteiger partial charge on any atom is 0.154 e. The molecule has 2 N–H and O–H groups in total. The quantitative estimate of drug-likeness (QED) is 0.615. The number of nitrogens with zero attached hydrogens (tertiary/aromatic N) is 1. The number of nitrogens with two attached hydrogens (primary N) is 1. The summed E-state index contributed by atoms with van der Waals surface area (Å²) in [4.78, 5) is 4.57. The van der Waals surface area contributed by atoms with Gasteiger partial charge in [0.1, 0.15) is 0 Å². The molecule has 0 heterocycles. The number of hydrogen-bond acceptors (Lipinski definition) is 2. The van der Waals surface area contributed by atoms with Gasteiger partial charge in [0.15, 0.2) is 5.17 Å². The van der Waals surface area contributed by atoms with Crippen LogP contribution in [0.2, 0.25) is 0 Å². The topological polar surface area (TPSA) is 38.4 Å². The molecular formula is C19H24N2S. The van der Waals surface area contributed by atoms with E-state index in [1.165, 1.54) is 16.7 Å². The SMILES string of the molecule is CC(C)c1ccc(CSC(N)=N[C@@H](C)c2ccccc2)cc1. The predicted octanol–water partition coefficient (Wildman–Crippen LogP) is 5.12. The van der Waals surface area contributed by atoms with Crippen LogP contribution in [0.3, 0.4) is 0 Å². The summed E-state index contributed by atoms with van der Waals surface area (Å²) in [5.74, 6) is 1.43. The summed E-state index contributed by atoms with van der Waals surface area (Å²) in [6.45, 7) is 6.49. The van der Waals surface area contributed by atoms with Gasteiger partial charge in [-0.1, -0.05) is 80.2 Å². The highest BCUT2D eigenvalue weighted by molar-refractivity contribution is 8.13. The van der Waals surface area contributed by atoms with Gasteiger partial charge in [-0.2, -0.15) is 0 Å². The van der Waals surface area contributed by atoms with E-state index in [4.69, 9.17) is 5.73 Å². The second-order valence-electron chi connectivity index (χ2n) is 5.74. The van der Waals surface area contributed by atoms with Gasteiger partial charge in [0.05, 0.1) is 6.04 Å². The van der Waals surface area contributed by atoms with E-state index in [0.717, 1.165) is 5.75 Å². The van der Waals surface area contributed by atoms with Gasteiger partial charge in [0.2, 0.25) is 0 Å². The van der Waals surface area contributed by atoms with E-state index in [-0.39, 0.29) is 6.04 Å². The lowest BCUT2D eigenvalue weighted by atomic mass is 10.0. The highest BCUT2D eigenvalue weighted by Gasteiger charge is 2.05. The zero-order chi connectivity index (χ0) is 15.9. The molecule has 2 rings (SSSR count). The molecule has 0 saturated heterocycles. The maximum atomic E-state index is 6.05. The normalized spacial score (nSPS) is 13.4. The first-order valence-corrected chi connectivity index (χ1v) is 8.64. The van der Waals surface area contributed by atoms with Crippen molar-refractivity contribution in [3.8, 4) is 0 Å². The Morgan fingerprint density at radius 1 is 0.955 bits per heavy atom. The fourth-order valence-corrected chi connectivity index (χ4v) is 2.93. The lowest BCUT2D eigenvalue weighted by Gasteiger charge is -2.09. The zero-order valence-electron chi connectivity index (χ0n) is 13.5. The van der Waals surface area contributed by atoms with Gasteiger partial charge in [0, 0.05) is 5.75 Å². The number of rotatable bonds is 5. The van der Waals surface area contributed by atoms with Crippen molar-refractivity contribution in [2.45, 2.75) is 38.5 Å². The smallest absolute Gasteiger partial charge is 0.154 e. The lowest BCUT2D eigenvalue weighted by molar-refractivity contribution is 0.822. The Morgan fingerprint density at radius 3 is 2.18 bits per heavy atom. The number of amidine groups is 1. The molecule has 0 aliphatic rings. The molecule has 0 aliphatic carbocycles. The minimum Gasteiger partial charge on any atom is -0.379 e. The summed E-state index contributed by atoms with van der Waals surface area (Å²) in [6.07, 6.45) is 0. The Hall–Kier alpha value is -1.74. The number of aliphatic imine (C=N–C) groups is 1. The van der Waals surface area contributed by atoms with Crippen molar-refractivity contribution >= 4 is 16.9 Å². The standard InChI is InChI=1S/C19H24N2S/c1-14(2)17-11-9-16(10-12-17)13-22-19(20)21-15(3)18-7-5-4-6-8-18/h4-12,14-15H,13H2,1-3H3,(H2,20,21)/t15-/m0/s1. The van der Waals surface area contributed by atoms with Crippen molar-refractivity contribution in [1.29, 1.82) is 0 Å². The Balaban J connectivity index is 1.91. The van der Waals surface area contributed by atoms with E-state index in [0.29, 0.717) is 11.1 Å². The van der Waals surface area contributed by atoms with E-state index < -0.39 is 0 Å². The van der Waals surface area contributed by atoms with Crippen LogP contribution in [0, 0.1) is 0 Å². The van der Waals surface area contributed by atoms with Crippen LogP contribution in [-0.2, 0) is 5.75 Å². The first kappa shape index (κ1) is 16.6. The van der Waals surface area contributed by atoms with Crippen LogP contribution in [0.15, 0.2) is 59.6 Å². The van der Waals surface area contributed by atoms with Crippen LogP contribution in [-0.4, -0.2) is 5.17 Å². The average Bonchev–Trinajstić information content (AvgIpc) is 2.54. The molecule has 1 atom stereocenters. The molecule has 0 aliphatic heterocycles. The molecule has 22 heavy (non-hydrogen) atoms. The molecule has 2 aromatic rings. The van der Waals surface area contributed by atoms with Gasteiger partial charge in [-0.3, -0.25) is 4.99 Å². The van der Waals surface area contributed by atoms with E-state index in [9.17, 15) is 0 Å². The first-order valence-electron chi connectivity index (χ1n) is 7.66. The second kappa shape index (κ2) is 8.04. The summed E-state index contributed by atoms with van der Waals surface area (Å²) < 4.78 is 0. The summed E-state index contributed by atoms with van der Waals surface area (Å²) in [5, 5.41) is 0.643. The van der Waals surface area contributed by atoms with Crippen LogP contribution >= 0.6 is 11.8 Å². The van der Waals surface area contributed by atoms with E-state index in [1.807, 2.05) is 18.2 Å². The monoisotopic (exact) mass is 312 g/mol. The third kappa shape index (κ3) is 4.92. The zero-order valence-corrected chi connectivity index (χ0v) is 14.3. The van der Waals surface area contributed by atoms with Gasteiger partial charge in [-0.15, -0.1) is 0 Å². The number of thioether (sulfide) groups is 1. The van der Waals surface area contributed by atoms with Crippen LogP contribution in [0.25, 0.3) is 0 Å². The molecule has 0 saturated carbocycles. The molecule has 0 aromatic heterocycles. The van der Waals surface area contributed by atoms with Crippen molar-refractivity contribution in [2.24, 2.45) is 10.7 Å². The molecule has 0 bridgehead atoms. The third-order valence-corrected chi connectivity index (χ3v) is 4.51. The Labute approximate surface area is 137 Å². The van der Waals surface area contributed by atoms with Crippen molar-refractivity contribution in [2.75, 3.05) is 0 Å². The molecule has 0 radical (unpaired) electrons. The Bertz CT molecular complexity index is 603. The molecular weight excluding hydrogens is 288 g/mol. The van der Waals surface area contributed by atoms with Gasteiger partial charge in [-0.05, 0) is 29.5 Å². The van der Waals surface area contributed by atoms with Crippen LogP contribution in [0.5, 0.6) is 0 Å². The first-order chi connectivity index (χ1) is 10.6. The summed E-state index contributed by atoms with van der Waals surface area (Å²) in [7, 11) is 0. The van der Waals surface area contributed by atoms with Gasteiger partial charge in [0.25, 0.3) is 0 Å². The van der Waals surface area contributed by atoms with Gasteiger partial charge < -0.3 is 5.73 Å². The van der Waals surface area contributed by atoms with Gasteiger partial charge >= 0.3 is 0 Å². The second-order valence-corrected chi connectivity index (χ2v) is 6.73. The lowest BCUT2D eigenvalue weighted by Crippen LogP contribution is -2.09. The van der Waals surface area contributed by atoms with Gasteiger partial charge in [-0.25, -0.2) is 0 Å². The number of hydrogen-bond donors (Lipinski definition) is 1. The van der Waals surface area contributed by atoms with Crippen molar-refractivity contribution < 1.29 is 0 Å². The molecule has 2 nitrogen and oxygen atoms in total. The van der Waals surface area contributed by atoms with Crippen LogP contribution in [0.1, 0.15) is 49.4 Å². The van der Waals surface area contributed by atoms with Crippen molar-refractivity contribution in [3.63, 3.8) is 0 Å². The molecule has 116 valence electrons. The minimum absolute atomic E-state index is 0.0945. The summed E-state index contributed by atoms with van der Waals surface area (Å²) in [6, 6.07) is 19.1. The predicted molar refractivity (Wildman–Crippen MR) is 98.3 cm³/mol. The molecule has 0 fully saturated rings. The largest absolute Gasteiger partial charge is 0.379 e. The summed E-state index contributed by atoms with van der Waals surface area (Å²) >= 11 is 1.59.